The van der Waals surface area contributed by atoms with Crippen LogP contribution in [0.15, 0.2) is 46.5 Å². The minimum absolute atomic E-state index is 0.0741. The Balaban J connectivity index is 2.26. The Morgan fingerprint density at radius 3 is 2.61 bits per heavy atom. The van der Waals surface area contributed by atoms with Crippen molar-refractivity contribution in [2.75, 3.05) is 0 Å². The molecule has 0 bridgehead atoms. The zero-order valence-electron chi connectivity index (χ0n) is 9.73. The summed E-state index contributed by atoms with van der Waals surface area (Å²) in [5, 5.41) is 2.07. The third-order valence-corrected chi connectivity index (χ3v) is 4.15. The van der Waals surface area contributed by atoms with Crippen LogP contribution < -0.4 is 5.73 Å². The van der Waals surface area contributed by atoms with E-state index < -0.39 is 0 Å². The highest BCUT2D eigenvalue weighted by Gasteiger charge is 2.08. The Kier molecular flexibility index (Phi) is 4.51. The van der Waals surface area contributed by atoms with Crippen molar-refractivity contribution in [1.82, 2.24) is 4.98 Å². The average molecular weight is 299 g/mol. The molecule has 0 saturated carbocycles. The second-order valence-corrected chi connectivity index (χ2v) is 5.74. The maximum Gasteiger partial charge on any atom is 0.119 e. The minimum atomic E-state index is -0.0741. The normalized spacial score (nSPS) is 12.4. The van der Waals surface area contributed by atoms with E-state index in [-0.39, 0.29) is 6.04 Å². The van der Waals surface area contributed by atoms with Crippen molar-refractivity contribution < 1.29 is 0 Å². The summed E-state index contributed by atoms with van der Waals surface area (Å²) in [5.74, 6) is 0. The molecule has 94 valence electrons. The highest BCUT2D eigenvalue weighted by Crippen LogP contribution is 2.34. The SMILES string of the molecule is CC(N)c1ccc(Sc2ncccc2Cl)cc1Cl. The van der Waals surface area contributed by atoms with Gasteiger partial charge in [0.2, 0.25) is 0 Å². The quantitative estimate of drug-likeness (QED) is 0.903. The molecule has 0 fully saturated rings. The Morgan fingerprint density at radius 1 is 1.22 bits per heavy atom. The van der Waals surface area contributed by atoms with Gasteiger partial charge in [-0.15, -0.1) is 0 Å². The highest BCUT2D eigenvalue weighted by molar-refractivity contribution is 7.99. The van der Waals surface area contributed by atoms with E-state index >= 15 is 0 Å². The van der Waals surface area contributed by atoms with Crippen LogP contribution in [0.3, 0.4) is 0 Å². The van der Waals surface area contributed by atoms with Crippen LogP contribution in [-0.4, -0.2) is 4.98 Å². The lowest BCUT2D eigenvalue weighted by Crippen LogP contribution is -2.05. The molecule has 0 radical (unpaired) electrons. The highest BCUT2D eigenvalue weighted by atomic mass is 35.5. The van der Waals surface area contributed by atoms with Crippen LogP contribution in [0.4, 0.5) is 0 Å². The summed E-state index contributed by atoms with van der Waals surface area (Å²) < 4.78 is 0. The van der Waals surface area contributed by atoms with Gasteiger partial charge in [0.05, 0.1) is 5.02 Å². The van der Waals surface area contributed by atoms with Crippen molar-refractivity contribution in [3.8, 4) is 0 Å². The number of pyridine rings is 1. The van der Waals surface area contributed by atoms with Gasteiger partial charge in [-0.25, -0.2) is 4.98 Å². The maximum absolute atomic E-state index is 6.18. The van der Waals surface area contributed by atoms with Gasteiger partial charge < -0.3 is 5.73 Å². The van der Waals surface area contributed by atoms with Crippen LogP contribution in [0.2, 0.25) is 10.0 Å². The van der Waals surface area contributed by atoms with Crippen LogP contribution >= 0.6 is 35.0 Å². The smallest absolute Gasteiger partial charge is 0.119 e. The molecule has 5 heteroatoms. The van der Waals surface area contributed by atoms with Gasteiger partial charge >= 0.3 is 0 Å². The van der Waals surface area contributed by atoms with Gasteiger partial charge in [0.25, 0.3) is 0 Å². The van der Waals surface area contributed by atoms with Gasteiger partial charge in [-0.05, 0) is 36.8 Å². The van der Waals surface area contributed by atoms with E-state index in [2.05, 4.69) is 4.98 Å². The van der Waals surface area contributed by atoms with Gasteiger partial charge in [0.15, 0.2) is 0 Å². The van der Waals surface area contributed by atoms with E-state index in [0.29, 0.717) is 10.0 Å². The summed E-state index contributed by atoms with van der Waals surface area (Å²) >= 11 is 13.7. The standard InChI is InChI=1S/C13H12Cl2N2S/c1-8(16)10-5-4-9(7-12(10)15)18-13-11(14)3-2-6-17-13/h2-8H,16H2,1H3. The molecule has 0 aliphatic rings. The molecular weight excluding hydrogens is 287 g/mol. The molecule has 2 aromatic rings. The summed E-state index contributed by atoms with van der Waals surface area (Å²) in [4.78, 5) is 5.21. The first-order valence-corrected chi connectivity index (χ1v) is 6.98. The fourth-order valence-corrected chi connectivity index (χ4v) is 2.97. The summed E-state index contributed by atoms with van der Waals surface area (Å²) in [6.07, 6.45) is 1.71. The summed E-state index contributed by atoms with van der Waals surface area (Å²) in [5.41, 5.74) is 6.75. The number of hydrogen-bond acceptors (Lipinski definition) is 3. The van der Waals surface area contributed by atoms with E-state index in [1.54, 1.807) is 12.3 Å². The van der Waals surface area contributed by atoms with Crippen molar-refractivity contribution in [1.29, 1.82) is 0 Å². The number of hydrogen-bond donors (Lipinski definition) is 1. The Labute approximate surface area is 121 Å². The number of aromatic nitrogens is 1. The first-order valence-electron chi connectivity index (χ1n) is 5.41. The largest absolute Gasteiger partial charge is 0.324 e. The van der Waals surface area contributed by atoms with Gasteiger partial charge in [0, 0.05) is 22.2 Å². The molecule has 0 aliphatic carbocycles. The number of benzene rings is 1. The second-order valence-electron chi connectivity index (χ2n) is 3.86. The van der Waals surface area contributed by atoms with Gasteiger partial charge in [-0.1, -0.05) is 41.0 Å². The topological polar surface area (TPSA) is 38.9 Å². The summed E-state index contributed by atoms with van der Waals surface area (Å²) in [6.45, 7) is 1.91. The van der Waals surface area contributed by atoms with Gasteiger partial charge in [-0.2, -0.15) is 0 Å². The molecule has 0 aliphatic heterocycles. The van der Waals surface area contributed by atoms with Crippen LogP contribution in [-0.2, 0) is 0 Å². The molecule has 1 aromatic carbocycles. The minimum Gasteiger partial charge on any atom is -0.324 e. The Morgan fingerprint density at radius 2 is 2.00 bits per heavy atom. The van der Waals surface area contributed by atoms with Crippen LogP contribution in [0.1, 0.15) is 18.5 Å². The molecular formula is C13H12Cl2N2S. The van der Waals surface area contributed by atoms with E-state index in [1.807, 2.05) is 31.2 Å². The molecule has 1 heterocycles. The predicted molar refractivity (Wildman–Crippen MR) is 77.4 cm³/mol. The molecule has 2 nitrogen and oxygen atoms in total. The van der Waals surface area contributed by atoms with Crippen LogP contribution in [0.25, 0.3) is 0 Å². The Bertz CT molecular complexity index is 558. The lowest BCUT2D eigenvalue weighted by atomic mass is 10.1. The number of nitrogens with zero attached hydrogens (tertiary/aromatic N) is 1. The van der Waals surface area contributed by atoms with Crippen molar-refractivity contribution in [2.45, 2.75) is 22.9 Å². The monoisotopic (exact) mass is 298 g/mol. The van der Waals surface area contributed by atoms with Crippen molar-refractivity contribution in [3.05, 3.63) is 52.1 Å². The van der Waals surface area contributed by atoms with Crippen molar-refractivity contribution in [2.24, 2.45) is 5.73 Å². The van der Waals surface area contributed by atoms with Crippen LogP contribution in [0, 0.1) is 0 Å². The molecule has 1 unspecified atom stereocenters. The molecule has 1 atom stereocenters. The van der Waals surface area contributed by atoms with Crippen molar-refractivity contribution in [3.63, 3.8) is 0 Å². The van der Waals surface area contributed by atoms with E-state index in [0.717, 1.165) is 15.5 Å². The number of halogens is 2. The molecule has 2 rings (SSSR count). The van der Waals surface area contributed by atoms with E-state index in [1.165, 1.54) is 11.8 Å². The zero-order chi connectivity index (χ0) is 13.1. The third-order valence-electron chi connectivity index (χ3n) is 2.40. The van der Waals surface area contributed by atoms with Crippen molar-refractivity contribution >= 4 is 35.0 Å². The first-order chi connectivity index (χ1) is 8.58. The maximum atomic E-state index is 6.18. The molecule has 1 aromatic heterocycles. The van der Waals surface area contributed by atoms with Gasteiger partial charge in [-0.3, -0.25) is 0 Å². The fraction of sp³-hybridized carbons (Fsp3) is 0.154. The molecule has 0 spiro atoms. The predicted octanol–water partition coefficient (Wildman–Crippen LogP) is 4.56. The lowest BCUT2D eigenvalue weighted by molar-refractivity contribution is 0.817. The number of nitrogens with two attached hydrogens (primary N) is 1. The molecule has 0 saturated heterocycles. The molecule has 18 heavy (non-hydrogen) atoms. The average Bonchev–Trinajstić information content (AvgIpc) is 2.32. The number of rotatable bonds is 3. The summed E-state index contributed by atoms with van der Waals surface area (Å²) in [6, 6.07) is 9.34. The summed E-state index contributed by atoms with van der Waals surface area (Å²) in [7, 11) is 0. The van der Waals surface area contributed by atoms with E-state index in [4.69, 9.17) is 28.9 Å². The van der Waals surface area contributed by atoms with Gasteiger partial charge in [0.1, 0.15) is 5.03 Å². The first kappa shape index (κ1) is 13.7. The third kappa shape index (κ3) is 3.18. The Hall–Kier alpha value is -0.740. The molecule has 0 amide bonds. The van der Waals surface area contributed by atoms with Crippen LogP contribution in [0.5, 0.6) is 0 Å². The fourth-order valence-electron chi connectivity index (χ4n) is 1.50. The van der Waals surface area contributed by atoms with E-state index in [9.17, 15) is 0 Å². The second kappa shape index (κ2) is 5.93. The lowest BCUT2D eigenvalue weighted by Gasteiger charge is -2.10. The zero-order valence-corrected chi connectivity index (χ0v) is 12.1. The molecule has 2 N–H and O–H groups in total.